The maximum absolute atomic E-state index is 10.2. The monoisotopic (exact) mass is 206 g/mol. The van der Waals surface area contributed by atoms with Gasteiger partial charge in [-0.1, -0.05) is 12.1 Å². The number of aldehydes is 1. The third-order valence-corrected chi connectivity index (χ3v) is 2.38. The Kier molecular flexibility index (Phi) is 3.35. The van der Waals surface area contributed by atoms with E-state index < -0.39 is 0 Å². The number of carbonyl (C=O) groups excluding carboxylic acids is 1. The Morgan fingerprint density at radius 2 is 2.07 bits per heavy atom. The van der Waals surface area contributed by atoms with Crippen LogP contribution in [0.15, 0.2) is 24.3 Å². The van der Waals surface area contributed by atoms with E-state index in [2.05, 4.69) is 0 Å². The summed E-state index contributed by atoms with van der Waals surface area (Å²) in [5, 5.41) is 0. The van der Waals surface area contributed by atoms with E-state index in [1.165, 1.54) is 5.56 Å². The summed E-state index contributed by atoms with van der Waals surface area (Å²) in [6.45, 7) is 1.37. The van der Waals surface area contributed by atoms with Crippen LogP contribution in [0.2, 0.25) is 0 Å². The molecule has 1 aliphatic heterocycles. The molecule has 0 spiro atoms. The first-order valence-electron chi connectivity index (χ1n) is 5.15. The van der Waals surface area contributed by atoms with Crippen LogP contribution in [-0.4, -0.2) is 25.6 Å². The molecule has 0 unspecified atom stereocenters. The minimum atomic E-state index is 0.214. The summed E-state index contributed by atoms with van der Waals surface area (Å²) in [5.41, 5.74) is 1.17. The highest BCUT2D eigenvalue weighted by molar-refractivity contribution is 5.50. The van der Waals surface area contributed by atoms with Gasteiger partial charge in [0.15, 0.2) is 0 Å². The number of benzene rings is 1. The van der Waals surface area contributed by atoms with E-state index in [9.17, 15) is 4.79 Å². The van der Waals surface area contributed by atoms with Crippen molar-refractivity contribution in [3.8, 4) is 5.75 Å². The van der Waals surface area contributed by atoms with Crippen LogP contribution in [0.3, 0.4) is 0 Å². The van der Waals surface area contributed by atoms with Gasteiger partial charge >= 0.3 is 0 Å². The molecule has 0 aliphatic carbocycles. The van der Waals surface area contributed by atoms with Crippen molar-refractivity contribution < 1.29 is 14.3 Å². The average molecular weight is 206 g/mol. The molecule has 0 aromatic heterocycles. The van der Waals surface area contributed by atoms with Crippen LogP contribution in [-0.2, 0) is 16.0 Å². The van der Waals surface area contributed by atoms with Crippen LogP contribution in [0, 0.1) is 0 Å². The molecule has 1 heterocycles. The summed E-state index contributed by atoms with van der Waals surface area (Å²) in [4.78, 5) is 10.2. The van der Waals surface area contributed by atoms with Crippen molar-refractivity contribution in [2.24, 2.45) is 0 Å². The van der Waals surface area contributed by atoms with Gasteiger partial charge in [0, 0.05) is 6.42 Å². The van der Waals surface area contributed by atoms with Crippen molar-refractivity contribution in [1.82, 2.24) is 0 Å². The normalized spacial score (nSPS) is 15.7. The van der Waals surface area contributed by atoms with Crippen LogP contribution in [0.5, 0.6) is 5.75 Å². The second kappa shape index (κ2) is 4.94. The predicted molar refractivity (Wildman–Crippen MR) is 56.1 cm³/mol. The fourth-order valence-electron chi connectivity index (χ4n) is 1.43. The Morgan fingerprint density at radius 1 is 1.33 bits per heavy atom. The van der Waals surface area contributed by atoms with Crippen LogP contribution in [0.1, 0.15) is 12.0 Å². The minimum absolute atomic E-state index is 0.214. The summed E-state index contributed by atoms with van der Waals surface area (Å²) in [6, 6.07) is 7.88. The molecular formula is C12H14O3. The first-order chi connectivity index (χ1) is 7.38. The minimum Gasteiger partial charge on any atom is -0.486 e. The molecule has 1 aliphatic rings. The molecule has 0 saturated carbocycles. The summed E-state index contributed by atoms with van der Waals surface area (Å²) in [6.07, 6.45) is 2.54. The first-order valence-corrected chi connectivity index (χ1v) is 5.15. The highest BCUT2D eigenvalue weighted by atomic mass is 16.6. The van der Waals surface area contributed by atoms with Crippen molar-refractivity contribution in [1.29, 1.82) is 0 Å². The zero-order chi connectivity index (χ0) is 10.5. The molecule has 0 amide bonds. The maximum atomic E-state index is 10.2. The van der Waals surface area contributed by atoms with Crippen LogP contribution < -0.4 is 4.74 Å². The number of hydrogen-bond acceptors (Lipinski definition) is 3. The molecule has 1 fully saturated rings. The van der Waals surface area contributed by atoms with Gasteiger partial charge in [-0.2, -0.15) is 0 Å². The molecule has 0 bridgehead atoms. The highest BCUT2D eigenvalue weighted by Crippen LogP contribution is 2.17. The van der Waals surface area contributed by atoms with E-state index in [1.807, 2.05) is 24.3 Å². The largest absolute Gasteiger partial charge is 0.486 e. The lowest BCUT2D eigenvalue weighted by atomic mass is 10.1. The summed E-state index contributed by atoms with van der Waals surface area (Å²) >= 11 is 0. The molecule has 3 heteroatoms. The first kappa shape index (κ1) is 10.2. The van der Waals surface area contributed by atoms with Crippen LogP contribution in [0.4, 0.5) is 0 Å². The van der Waals surface area contributed by atoms with E-state index in [1.54, 1.807) is 0 Å². The highest BCUT2D eigenvalue weighted by Gasteiger charge is 2.19. The standard InChI is InChI=1S/C12H14O3/c13-7-1-2-10-3-5-11(6-4-10)15-12-8-14-9-12/h3-7,12H,1-2,8-9H2. The Balaban J connectivity index is 1.87. The molecule has 0 radical (unpaired) electrons. The molecular weight excluding hydrogens is 192 g/mol. The van der Waals surface area contributed by atoms with Crippen LogP contribution in [0.25, 0.3) is 0 Å². The third-order valence-electron chi connectivity index (χ3n) is 2.38. The van der Waals surface area contributed by atoms with Crippen molar-refractivity contribution in [3.05, 3.63) is 29.8 Å². The lowest BCUT2D eigenvalue weighted by Crippen LogP contribution is -2.38. The second-order valence-electron chi connectivity index (χ2n) is 3.63. The molecule has 0 N–H and O–H groups in total. The second-order valence-corrected chi connectivity index (χ2v) is 3.63. The van der Waals surface area contributed by atoms with E-state index in [0.717, 1.165) is 18.5 Å². The van der Waals surface area contributed by atoms with Gasteiger partial charge in [0.25, 0.3) is 0 Å². The van der Waals surface area contributed by atoms with Gasteiger partial charge in [0.05, 0.1) is 13.2 Å². The van der Waals surface area contributed by atoms with Gasteiger partial charge in [0.2, 0.25) is 0 Å². The number of aryl methyl sites for hydroxylation is 1. The zero-order valence-corrected chi connectivity index (χ0v) is 8.52. The molecule has 15 heavy (non-hydrogen) atoms. The molecule has 0 atom stereocenters. The lowest BCUT2D eigenvalue weighted by Gasteiger charge is -2.26. The van der Waals surface area contributed by atoms with Gasteiger partial charge in [0.1, 0.15) is 18.1 Å². The average Bonchev–Trinajstić information content (AvgIpc) is 2.22. The molecule has 2 rings (SSSR count). The number of ether oxygens (including phenoxy) is 2. The summed E-state index contributed by atoms with van der Waals surface area (Å²) in [5.74, 6) is 0.873. The topological polar surface area (TPSA) is 35.5 Å². The molecule has 80 valence electrons. The predicted octanol–water partition coefficient (Wildman–Crippen LogP) is 1.60. The number of carbonyl (C=O) groups is 1. The Labute approximate surface area is 89.0 Å². The summed E-state index contributed by atoms with van der Waals surface area (Å²) < 4.78 is 10.6. The Morgan fingerprint density at radius 3 is 2.60 bits per heavy atom. The smallest absolute Gasteiger partial charge is 0.145 e. The molecule has 1 aromatic rings. The molecule has 1 saturated heterocycles. The SMILES string of the molecule is O=CCCc1ccc(OC2COC2)cc1. The maximum Gasteiger partial charge on any atom is 0.145 e. The zero-order valence-electron chi connectivity index (χ0n) is 8.52. The van der Waals surface area contributed by atoms with E-state index in [4.69, 9.17) is 9.47 Å². The third kappa shape index (κ3) is 2.80. The van der Waals surface area contributed by atoms with Crippen molar-refractivity contribution in [3.63, 3.8) is 0 Å². The van der Waals surface area contributed by atoms with Gasteiger partial charge in [-0.05, 0) is 24.1 Å². The Hall–Kier alpha value is -1.35. The molecule has 3 nitrogen and oxygen atoms in total. The van der Waals surface area contributed by atoms with Gasteiger partial charge in [-0.15, -0.1) is 0 Å². The summed E-state index contributed by atoms with van der Waals surface area (Å²) in [7, 11) is 0. The fourth-order valence-corrected chi connectivity index (χ4v) is 1.43. The van der Waals surface area contributed by atoms with Crippen LogP contribution >= 0.6 is 0 Å². The fraction of sp³-hybridized carbons (Fsp3) is 0.417. The number of hydrogen-bond donors (Lipinski definition) is 0. The van der Waals surface area contributed by atoms with E-state index in [0.29, 0.717) is 19.6 Å². The van der Waals surface area contributed by atoms with Crippen molar-refractivity contribution in [2.75, 3.05) is 13.2 Å². The van der Waals surface area contributed by atoms with Gasteiger partial charge < -0.3 is 14.3 Å². The van der Waals surface area contributed by atoms with Crippen molar-refractivity contribution >= 4 is 6.29 Å². The van der Waals surface area contributed by atoms with Gasteiger partial charge in [-0.25, -0.2) is 0 Å². The van der Waals surface area contributed by atoms with Gasteiger partial charge in [-0.3, -0.25) is 0 Å². The Bertz CT molecular complexity index is 314. The van der Waals surface area contributed by atoms with E-state index in [-0.39, 0.29) is 6.10 Å². The lowest BCUT2D eigenvalue weighted by molar-refractivity contribution is -0.107. The number of rotatable bonds is 5. The van der Waals surface area contributed by atoms with Crippen molar-refractivity contribution in [2.45, 2.75) is 18.9 Å². The quantitative estimate of drug-likeness (QED) is 0.686. The molecule has 1 aromatic carbocycles. The van der Waals surface area contributed by atoms with E-state index >= 15 is 0 Å².